The van der Waals surface area contributed by atoms with Crippen LogP contribution in [0.4, 0.5) is 5.69 Å². The summed E-state index contributed by atoms with van der Waals surface area (Å²) in [5.41, 5.74) is 7.40. The fourth-order valence-corrected chi connectivity index (χ4v) is 1.53. The summed E-state index contributed by atoms with van der Waals surface area (Å²) in [5.74, 6) is -0.201. The lowest BCUT2D eigenvalue weighted by Crippen LogP contribution is -2.22. The third-order valence-corrected chi connectivity index (χ3v) is 2.62. The van der Waals surface area contributed by atoms with Gasteiger partial charge >= 0.3 is 0 Å². The third-order valence-electron chi connectivity index (χ3n) is 2.30. The number of carbonyl (C=O) groups excluding carboxylic acids is 1. The molecular formula is C12H11ClN2O2. The van der Waals surface area contributed by atoms with Crippen LogP contribution in [-0.4, -0.2) is 5.91 Å². The summed E-state index contributed by atoms with van der Waals surface area (Å²) in [6.45, 7) is 0.414. The molecule has 2 aromatic rings. The Labute approximate surface area is 103 Å². The minimum atomic E-state index is -0.201. The fourth-order valence-electron chi connectivity index (χ4n) is 1.35. The summed E-state index contributed by atoms with van der Waals surface area (Å²) in [7, 11) is 0. The van der Waals surface area contributed by atoms with Gasteiger partial charge in [-0.05, 0) is 24.3 Å². The van der Waals surface area contributed by atoms with E-state index in [-0.39, 0.29) is 5.91 Å². The lowest BCUT2D eigenvalue weighted by molar-refractivity contribution is 0.0951. The Hall–Kier alpha value is -1.94. The molecule has 0 saturated carbocycles. The molecule has 1 heterocycles. The van der Waals surface area contributed by atoms with Crippen molar-refractivity contribution in [3.63, 3.8) is 0 Å². The Balaban J connectivity index is 2.02. The first-order valence-corrected chi connectivity index (χ1v) is 5.39. The first-order chi connectivity index (χ1) is 8.16. The molecule has 17 heavy (non-hydrogen) atoms. The summed E-state index contributed by atoms with van der Waals surface area (Å²) < 4.78 is 4.90. The molecule has 0 radical (unpaired) electrons. The number of anilines is 1. The van der Waals surface area contributed by atoms with Gasteiger partial charge in [0.1, 0.15) is 0 Å². The lowest BCUT2D eigenvalue weighted by Gasteiger charge is -2.05. The minimum absolute atomic E-state index is 0.201. The van der Waals surface area contributed by atoms with Crippen LogP contribution in [0.15, 0.2) is 41.2 Å². The Kier molecular flexibility index (Phi) is 3.35. The summed E-state index contributed by atoms with van der Waals surface area (Å²) in [5, 5.41) is 3.13. The Morgan fingerprint density at radius 2 is 2.24 bits per heavy atom. The van der Waals surface area contributed by atoms with Gasteiger partial charge in [0.25, 0.3) is 5.91 Å². The molecule has 2 rings (SSSR count). The molecule has 1 amide bonds. The van der Waals surface area contributed by atoms with Crippen molar-refractivity contribution in [3.05, 3.63) is 52.9 Å². The van der Waals surface area contributed by atoms with Crippen LogP contribution in [0.5, 0.6) is 0 Å². The summed E-state index contributed by atoms with van der Waals surface area (Å²) in [6.07, 6.45) is 3.14. The number of hydrogen-bond donors (Lipinski definition) is 2. The molecule has 1 aromatic heterocycles. The van der Waals surface area contributed by atoms with E-state index in [2.05, 4.69) is 5.32 Å². The van der Waals surface area contributed by atoms with Gasteiger partial charge in [-0.15, -0.1) is 0 Å². The van der Waals surface area contributed by atoms with E-state index < -0.39 is 0 Å². The molecule has 0 saturated heterocycles. The number of amides is 1. The predicted octanol–water partition coefficient (Wildman–Crippen LogP) is 2.45. The Bertz CT molecular complexity index is 523. The molecular weight excluding hydrogens is 240 g/mol. The van der Waals surface area contributed by atoms with Crippen LogP contribution in [0, 0.1) is 0 Å². The summed E-state index contributed by atoms with van der Waals surface area (Å²) in [4.78, 5) is 11.8. The maximum Gasteiger partial charge on any atom is 0.251 e. The van der Waals surface area contributed by atoms with Crippen molar-refractivity contribution in [1.29, 1.82) is 0 Å². The first kappa shape index (κ1) is 11.5. The second-order valence-corrected chi connectivity index (χ2v) is 3.96. The normalized spacial score (nSPS) is 10.2. The molecule has 88 valence electrons. The number of halogens is 1. The van der Waals surface area contributed by atoms with Gasteiger partial charge in [-0.2, -0.15) is 0 Å². The van der Waals surface area contributed by atoms with Crippen molar-refractivity contribution in [2.45, 2.75) is 6.54 Å². The molecule has 0 aliphatic heterocycles. The molecule has 0 aliphatic rings. The first-order valence-electron chi connectivity index (χ1n) is 5.01. The molecule has 0 unspecified atom stereocenters. The van der Waals surface area contributed by atoms with E-state index in [1.54, 1.807) is 36.8 Å². The summed E-state index contributed by atoms with van der Waals surface area (Å²) in [6, 6.07) is 6.57. The number of hydrogen-bond acceptors (Lipinski definition) is 3. The van der Waals surface area contributed by atoms with E-state index in [9.17, 15) is 4.79 Å². The minimum Gasteiger partial charge on any atom is -0.472 e. The molecule has 1 aromatic carbocycles. The smallest absolute Gasteiger partial charge is 0.251 e. The average molecular weight is 251 g/mol. The molecule has 4 nitrogen and oxygen atoms in total. The van der Waals surface area contributed by atoms with Gasteiger partial charge in [0.15, 0.2) is 0 Å². The van der Waals surface area contributed by atoms with E-state index in [0.29, 0.717) is 22.8 Å². The Morgan fingerprint density at radius 1 is 1.41 bits per heavy atom. The maximum absolute atomic E-state index is 11.8. The highest BCUT2D eigenvalue weighted by Gasteiger charge is 2.07. The number of benzene rings is 1. The van der Waals surface area contributed by atoms with Crippen molar-refractivity contribution >= 4 is 23.2 Å². The molecule has 0 aliphatic carbocycles. The van der Waals surface area contributed by atoms with E-state index in [1.807, 2.05) is 0 Å². The van der Waals surface area contributed by atoms with Gasteiger partial charge in [-0.1, -0.05) is 11.6 Å². The zero-order valence-corrected chi connectivity index (χ0v) is 9.70. The molecule has 0 fully saturated rings. The van der Waals surface area contributed by atoms with Crippen molar-refractivity contribution in [3.8, 4) is 0 Å². The predicted molar refractivity (Wildman–Crippen MR) is 65.7 cm³/mol. The van der Waals surface area contributed by atoms with E-state index >= 15 is 0 Å². The number of nitrogens with one attached hydrogen (secondary N) is 1. The average Bonchev–Trinajstić information content (AvgIpc) is 2.82. The van der Waals surface area contributed by atoms with Crippen LogP contribution >= 0.6 is 11.6 Å². The van der Waals surface area contributed by atoms with Gasteiger partial charge in [0.2, 0.25) is 0 Å². The van der Waals surface area contributed by atoms with Crippen LogP contribution in [0.1, 0.15) is 15.9 Å². The number of nitrogens with two attached hydrogens (primary N) is 1. The van der Waals surface area contributed by atoms with Gasteiger partial charge in [0.05, 0.1) is 23.2 Å². The monoisotopic (exact) mass is 250 g/mol. The molecule has 0 atom stereocenters. The zero-order valence-electron chi connectivity index (χ0n) is 8.94. The van der Waals surface area contributed by atoms with Crippen LogP contribution in [0.3, 0.4) is 0 Å². The van der Waals surface area contributed by atoms with Crippen molar-refractivity contribution in [1.82, 2.24) is 5.32 Å². The lowest BCUT2D eigenvalue weighted by atomic mass is 10.2. The van der Waals surface area contributed by atoms with Crippen LogP contribution in [0.2, 0.25) is 5.02 Å². The largest absolute Gasteiger partial charge is 0.472 e. The second kappa shape index (κ2) is 4.93. The van der Waals surface area contributed by atoms with E-state index in [0.717, 1.165) is 5.56 Å². The van der Waals surface area contributed by atoms with Gasteiger partial charge < -0.3 is 15.5 Å². The van der Waals surface area contributed by atoms with Gasteiger partial charge in [-0.25, -0.2) is 0 Å². The van der Waals surface area contributed by atoms with Crippen molar-refractivity contribution in [2.75, 3.05) is 5.73 Å². The van der Waals surface area contributed by atoms with Gasteiger partial charge in [0, 0.05) is 17.7 Å². The number of carbonyl (C=O) groups is 1. The molecule has 5 heteroatoms. The highest BCUT2D eigenvalue weighted by Crippen LogP contribution is 2.19. The van der Waals surface area contributed by atoms with Crippen LogP contribution < -0.4 is 11.1 Å². The number of rotatable bonds is 3. The fraction of sp³-hybridized carbons (Fsp3) is 0.0833. The summed E-state index contributed by atoms with van der Waals surface area (Å²) >= 11 is 5.84. The van der Waals surface area contributed by atoms with Crippen LogP contribution in [0.25, 0.3) is 0 Å². The molecule has 0 bridgehead atoms. The number of furan rings is 1. The molecule has 0 spiro atoms. The van der Waals surface area contributed by atoms with E-state index in [1.165, 1.54) is 0 Å². The quantitative estimate of drug-likeness (QED) is 0.822. The van der Waals surface area contributed by atoms with E-state index in [4.69, 9.17) is 21.8 Å². The SMILES string of the molecule is Nc1ccc(C(=O)NCc2ccoc2)cc1Cl. The topological polar surface area (TPSA) is 68.3 Å². The van der Waals surface area contributed by atoms with Gasteiger partial charge in [-0.3, -0.25) is 4.79 Å². The molecule has 3 N–H and O–H groups in total. The van der Waals surface area contributed by atoms with Crippen LogP contribution in [-0.2, 0) is 6.54 Å². The second-order valence-electron chi connectivity index (χ2n) is 3.55. The maximum atomic E-state index is 11.8. The highest BCUT2D eigenvalue weighted by atomic mass is 35.5. The third kappa shape index (κ3) is 2.79. The van der Waals surface area contributed by atoms with Crippen molar-refractivity contribution < 1.29 is 9.21 Å². The van der Waals surface area contributed by atoms with Crippen molar-refractivity contribution in [2.24, 2.45) is 0 Å². The Morgan fingerprint density at radius 3 is 2.88 bits per heavy atom. The zero-order chi connectivity index (χ0) is 12.3. The highest BCUT2D eigenvalue weighted by molar-refractivity contribution is 6.33. The standard InChI is InChI=1S/C12H11ClN2O2/c13-10-5-9(1-2-11(10)14)12(16)15-6-8-3-4-17-7-8/h1-5,7H,6,14H2,(H,15,16). The number of nitrogen functional groups attached to an aromatic ring is 1.